The maximum Gasteiger partial charge on any atom is 0.226 e. The third-order valence-corrected chi connectivity index (χ3v) is 2.36. The Morgan fingerprint density at radius 1 is 1.60 bits per heavy atom. The molecule has 0 spiro atoms. The lowest BCUT2D eigenvalue weighted by Gasteiger charge is -2.26. The van der Waals surface area contributed by atoms with Crippen molar-refractivity contribution in [2.45, 2.75) is 18.9 Å². The van der Waals surface area contributed by atoms with Crippen LogP contribution < -0.4 is 10.7 Å². The highest BCUT2D eigenvalue weighted by molar-refractivity contribution is 5.80. The molecule has 0 aromatic carbocycles. The van der Waals surface area contributed by atoms with Gasteiger partial charge in [-0.05, 0) is 12.8 Å². The van der Waals surface area contributed by atoms with Crippen molar-refractivity contribution < 1.29 is 4.79 Å². The molecular weight excluding hydrogens is 192 g/mol. The maximum absolute atomic E-state index is 11.7. The van der Waals surface area contributed by atoms with Crippen molar-refractivity contribution >= 4 is 5.91 Å². The molecule has 3 N–H and O–H groups in total. The van der Waals surface area contributed by atoms with Crippen molar-refractivity contribution in [2.75, 3.05) is 6.54 Å². The van der Waals surface area contributed by atoms with Crippen molar-refractivity contribution in [2.24, 2.45) is 11.1 Å². The number of carbonyl (C=O) groups is 1. The van der Waals surface area contributed by atoms with Crippen LogP contribution in [-0.2, 0) is 4.79 Å². The summed E-state index contributed by atoms with van der Waals surface area (Å²) in [5.74, 6) is 2.07. The van der Waals surface area contributed by atoms with Gasteiger partial charge in [0.05, 0.1) is 18.5 Å². The Morgan fingerprint density at radius 3 is 3.00 bits per heavy atom. The number of nitrogens with one attached hydrogen (secondary N) is 3. The van der Waals surface area contributed by atoms with E-state index < -0.39 is 0 Å². The van der Waals surface area contributed by atoms with Crippen LogP contribution in [0.5, 0.6) is 0 Å². The molecule has 15 heavy (non-hydrogen) atoms. The number of amides is 1. The molecule has 0 aromatic rings. The van der Waals surface area contributed by atoms with Crippen LogP contribution in [-0.4, -0.2) is 18.5 Å². The highest BCUT2D eigenvalue weighted by Crippen LogP contribution is 2.19. The van der Waals surface area contributed by atoms with Crippen molar-refractivity contribution in [3.63, 3.8) is 0 Å². The SMILES string of the molecule is C#CCNC(=O)C1CC=CCC1NN=N. The molecule has 0 saturated heterocycles. The number of rotatable bonds is 4. The maximum atomic E-state index is 11.7. The van der Waals surface area contributed by atoms with E-state index in [1.54, 1.807) is 0 Å². The van der Waals surface area contributed by atoms with Crippen LogP contribution >= 0.6 is 0 Å². The molecule has 1 aliphatic rings. The van der Waals surface area contributed by atoms with E-state index in [2.05, 4.69) is 21.9 Å². The lowest BCUT2D eigenvalue weighted by molar-refractivity contribution is -0.125. The van der Waals surface area contributed by atoms with Gasteiger partial charge in [0.1, 0.15) is 0 Å². The number of hydrogen-bond acceptors (Lipinski definition) is 3. The molecule has 5 nitrogen and oxygen atoms in total. The molecule has 5 heteroatoms. The van der Waals surface area contributed by atoms with Crippen LogP contribution in [0.1, 0.15) is 12.8 Å². The van der Waals surface area contributed by atoms with Crippen LogP contribution in [0.2, 0.25) is 0 Å². The number of carbonyl (C=O) groups excluding carboxylic acids is 1. The van der Waals surface area contributed by atoms with Crippen molar-refractivity contribution in [1.29, 1.82) is 5.53 Å². The zero-order valence-electron chi connectivity index (χ0n) is 8.36. The van der Waals surface area contributed by atoms with Crippen molar-refractivity contribution in [1.82, 2.24) is 10.7 Å². The van der Waals surface area contributed by atoms with Crippen LogP contribution in [0.4, 0.5) is 0 Å². The third kappa shape index (κ3) is 3.09. The Bertz CT molecular complexity index is 305. The van der Waals surface area contributed by atoms with E-state index in [1.165, 1.54) is 0 Å². The van der Waals surface area contributed by atoms with Gasteiger partial charge in [-0.2, -0.15) is 5.53 Å². The van der Waals surface area contributed by atoms with E-state index in [4.69, 9.17) is 12.0 Å². The summed E-state index contributed by atoms with van der Waals surface area (Å²) in [7, 11) is 0. The smallest absolute Gasteiger partial charge is 0.226 e. The lowest BCUT2D eigenvalue weighted by atomic mass is 9.89. The van der Waals surface area contributed by atoms with E-state index in [-0.39, 0.29) is 24.4 Å². The van der Waals surface area contributed by atoms with Gasteiger partial charge in [0.2, 0.25) is 5.91 Å². The quantitative estimate of drug-likeness (QED) is 0.273. The van der Waals surface area contributed by atoms with Crippen LogP contribution in [0, 0.1) is 23.8 Å². The fourth-order valence-electron chi connectivity index (χ4n) is 1.60. The van der Waals surface area contributed by atoms with E-state index >= 15 is 0 Å². The number of nitrogens with zero attached hydrogens (tertiary/aromatic N) is 1. The van der Waals surface area contributed by atoms with Crippen LogP contribution in [0.25, 0.3) is 0 Å². The summed E-state index contributed by atoms with van der Waals surface area (Å²) in [6, 6.07) is -0.106. The average Bonchev–Trinajstić information content (AvgIpc) is 2.27. The van der Waals surface area contributed by atoms with Gasteiger partial charge in [-0.3, -0.25) is 10.2 Å². The molecule has 0 fully saturated rings. The topological polar surface area (TPSA) is 77.3 Å². The minimum absolute atomic E-state index is 0.0848. The highest BCUT2D eigenvalue weighted by Gasteiger charge is 2.28. The van der Waals surface area contributed by atoms with Gasteiger partial charge in [0.15, 0.2) is 0 Å². The Labute approximate surface area is 88.8 Å². The molecule has 1 amide bonds. The molecule has 0 aromatic heterocycles. The van der Waals surface area contributed by atoms with Gasteiger partial charge >= 0.3 is 0 Å². The number of allylic oxidation sites excluding steroid dienone is 1. The van der Waals surface area contributed by atoms with E-state index in [0.29, 0.717) is 12.8 Å². The molecule has 0 saturated carbocycles. The third-order valence-electron chi connectivity index (χ3n) is 2.36. The monoisotopic (exact) mass is 206 g/mol. The van der Waals surface area contributed by atoms with E-state index in [1.807, 2.05) is 12.2 Å². The number of terminal acetylenes is 1. The zero-order chi connectivity index (χ0) is 11.1. The summed E-state index contributed by atoms with van der Waals surface area (Å²) in [4.78, 5) is 11.7. The summed E-state index contributed by atoms with van der Waals surface area (Å²) < 4.78 is 0. The van der Waals surface area contributed by atoms with Gasteiger partial charge < -0.3 is 5.32 Å². The molecular formula is C10H14N4O. The van der Waals surface area contributed by atoms with Gasteiger partial charge in [0.25, 0.3) is 0 Å². The second-order valence-corrected chi connectivity index (χ2v) is 3.32. The predicted octanol–water partition coefficient (Wildman–Crippen LogP) is 0.606. The molecule has 2 atom stereocenters. The Balaban J connectivity index is 2.56. The molecule has 1 aliphatic carbocycles. The highest BCUT2D eigenvalue weighted by atomic mass is 16.1. The predicted molar refractivity (Wildman–Crippen MR) is 55.8 cm³/mol. The summed E-state index contributed by atoms with van der Waals surface area (Å²) in [6.07, 6.45) is 10.4. The van der Waals surface area contributed by atoms with Gasteiger partial charge in [-0.15, -0.1) is 6.42 Å². The van der Waals surface area contributed by atoms with Crippen molar-refractivity contribution in [3.05, 3.63) is 12.2 Å². The van der Waals surface area contributed by atoms with Gasteiger partial charge in [-0.1, -0.05) is 23.3 Å². The van der Waals surface area contributed by atoms with Gasteiger partial charge in [-0.25, -0.2) is 0 Å². The second kappa shape index (κ2) is 5.81. The van der Waals surface area contributed by atoms with Gasteiger partial charge in [0, 0.05) is 0 Å². The first-order valence-corrected chi connectivity index (χ1v) is 4.77. The molecule has 0 radical (unpaired) electrons. The molecule has 2 unspecified atom stereocenters. The Hall–Kier alpha value is -1.83. The summed E-state index contributed by atoms with van der Waals surface area (Å²) in [5, 5.41) is 5.76. The fraction of sp³-hybridized carbons (Fsp3) is 0.500. The number of hydrogen-bond donors (Lipinski definition) is 3. The van der Waals surface area contributed by atoms with Crippen molar-refractivity contribution in [3.8, 4) is 12.3 Å². The Morgan fingerprint density at radius 2 is 2.33 bits per heavy atom. The first kappa shape index (κ1) is 11.2. The van der Waals surface area contributed by atoms with Crippen LogP contribution in [0.3, 0.4) is 0 Å². The second-order valence-electron chi connectivity index (χ2n) is 3.32. The molecule has 1 rings (SSSR count). The average molecular weight is 206 g/mol. The molecule has 80 valence electrons. The Kier molecular flexibility index (Phi) is 4.35. The summed E-state index contributed by atoms with van der Waals surface area (Å²) >= 11 is 0. The molecule has 0 bridgehead atoms. The zero-order valence-corrected chi connectivity index (χ0v) is 8.36. The van der Waals surface area contributed by atoms with Crippen LogP contribution in [0.15, 0.2) is 17.4 Å². The first-order chi connectivity index (χ1) is 7.29. The fourth-order valence-corrected chi connectivity index (χ4v) is 1.60. The minimum atomic E-state index is -0.197. The normalized spacial score (nSPS) is 23.9. The summed E-state index contributed by atoms with van der Waals surface area (Å²) in [5.41, 5.74) is 9.35. The van der Waals surface area contributed by atoms with E-state index in [9.17, 15) is 4.79 Å². The molecule has 0 aliphatic heterocycles. The van der Waals surface area contributed by atoms with E-state index in [0.717, 1.165) is 0 Å². The first-order valence-electron chi connectivity index (χ1n) is 4.77. The lowest BCUT2D eigenvalue weighted by Crippen LogP contribution is -2.43. The molecule has 0 heterocycles. The minimum Gasteiger partial charge on any atom is -0.345 e. The standard InChI is InChI=1S/C10H14N4O/c1-2-7-12-10(15)8-5-3-4-6-9(8)13-14-11/h1,3-4,8-9H,5-7H2,(H2,11,13)(H,12,15). The largest absolute Gasteiger partial charge is 0.345 e. The summed E-state index contributed by atoms with van der Waals surface area (Å²) in [6.45, 7) is 0.240.